The second kappa shape index (κ2) is 5.31. The van der Waals surface area contributed by atoms with E-state index in [9.17, 15) is 4.79 Å². The van der Waals surface area contributed by atoms with Crippen LogP contribution in [0.2, 0.25) is 15.1 Å². The topological polar surface area (TPSA) is 94.0 Å². The number of hydrogen-bond donors (Lipinski definition) is 2. The molecular weight excluding hydrogens is 351 g/mol. The Hall–Kier alpha value is -2.02. The van der Waals surface area contributed by atoms with Crippen molar-refractivity contribution in [1.82, 2.24) is 14.8 Å². The molecule has 3 N–H and O–H groups in total. The van der Waals surface area contributed by atoms with Crippen molar-refractivity contribution < 1.29 is 9.90 Å². The smallest absolute Gasteiger partial charge is 0.356 e. The average molecular weight is 358 g/mol. The zero-order chi connectivity index (χ0) is 16.0. The van der Waals surface area contributed by atoms with E-state index < -0.39 is 11.7 Å². The largest absolute Gasteiger partial charge is 0.476 e. The monoisotopic (exact) mass is 356 g/mol. The second-order valence-electron chi connectivity index (χ2n) is 4.36. The average Bonchev–Trinajstić information content (AvgIpc) is 2.90. The van der Waals surface area contributed by atoms with Gasteiger partial charge in [0, 0.05) is 5.39 Å². The predicted octanol–water partition coefficient (Wildman–Crippen LogP) is 3.66. The van der Waals surface area contributed by atoms with Gasteiger partial charge in [-0.25, -0.2) is 14.5 Å². The Balaban J connectivity index is 2.36. The van der Waals surface area contributed by atoms with Gasteiger partial charge in [-0.2, -0.15) is 5.10 Å². The Morgan fingerprint density at radius 1 is 1.23 bits per heavy atom. The van der Waals surface area contributed by atoms with Crippen molar-refractivity contribution in [3.05, 3.63) is 45.2 Å². The predicted molar refractivity (Wildman–Crippen MR) is 85.3 cm³/mol. The van der Waals surface area contributed by atoms with Crippen molar-refractivity contribution in [2.45, 2.75) is 0 Å². The third-order valence-electron chi connectivity index (χ3n) is 3.06. The van der Waals surface area contributed by atoms with E-state index in [1.54, 1.807) is 18.2 Å². The number of benzene rings is 1. The maximum atomic E-state index is 11.2. The fraction of sp³-hybridized carbons (Fsp3) is 0. The molecule has 9 heteroatoms. The van der Waals surface area contributed by atoms with Crippen LogP contribution < -0.4 is 5.73 Å². The van der Waals surface area contributed by atoms with Crippen LogP contribution in [-0.2, 0) is 0 Å². The Morgan fingerprint density at radius 3 is 2.64 bits per heavy atom. The Kier molecular flexibility index (Phi) is 3.60. The minimum atomic E-state index is -1.32. The number of hydrogen-bond acceptors (Lipinski definition) is 4. The molecule has 0 aliphatic carbocycles. The molecule has 0 saturated carbocycles. The second-order valence-corrected chi connectivity index (χ2v) is 5.52. The molecule has 2 heterocycles. The number of rotatable bonds is 2. The van der Waals surface area contributed by atoms with Crippen molar-refractivity contribution in [1.29, 1.82) is 0 Å². The lowest BCUT2D eigenvalue weighted by Crippen LogP contribution is -2.10. The number of carboxylic acid groups (broad SMARTS) is 1. The van der Waals surface area contributed by atoms with E-state index in [2.05, 4.69) is 10.1 Å². The van der Waals surface area contributed by atoms with Crippen LogP contribution in [0.5, 0.6) is 0 Å². The number of fused-ring (bicyclic) bond motifs is 1. The van der Waals surface area contributed by atoms with Gasteiger partial charge in [-0.1, -0.05) is 40.9 Å². The molecule has 0 fully saturated rings. The summed E-state index contributed by atoms with van der Waals surface area (Å²) in [6.07, 6.45) is 1.53. The molecule has 0 unspecified atom stereocenters. The Bertz CT molecular complexity index is 923. The van der Waals surface area contributed by atoms with Gasteiger partial charge in [0.25, 0.3) is 0 Å². The first-order valence-corrected chi connectivity index (χ1v) is 7.05. The van der Waals surface area contributed by atoms with E-state index in [1.807, 2.05) is 0 Å². The fourth-order valence-corrected chi connectivity index (χ4v) is 2.72. The number of carbonyl (C=O) groups is 1. The van der Waals surface area contributed by atoms with Gasteiger partial charge in [0.15, 0.2) is 11.5 Å². The molecule has 0 bridgehead atoms. The van der Waals surface area contributed by atoms with E-state index in [4.69, 9.17) is 45.6 Å². The first-order valence-electron chi connectivity index (χ1n) is 5.92. The number of anilines is 1. The summed E-state index contributed by atoms with van der Waals surface area (Å²) in [4.78, 5) is 15.2. The lowest BCUT2D eigenvalue weighted by atomic mass is 10.2. The van der Waals surface area contributed by atoms with Crippen LogP contribution in [0.3, 0.4) is 0 Å². The molecular formula is C13H7Cl3N4O2. The molecule has 0 aliphatic heterocycles. The number of halogens is 3. The molecule has 2 aromatic heterocycles. The number of aromatic carboxylic acids is 1. The number of nitrogens with two attached hydrogens (primary N) is 1. The molecule has 0 radical (unpaired) electrons. The van der Waals surface area contributed by atoms with Gasteiger partial charge in [0.2, 0.25) is 0 Å². The van der Waals surface area contributed by atoms with Crippen LogP contribution >= 0.6 is 34.8 Å². The van der Waals surface area contributed by atoms with Crippen molar-refractivity contribution in [2.24, 2.45) is 0 Å². The summed E-state index contributed by atoms with van der Waals surface area (Å²) >= 11 is 18.1. The van der Waals surface area contributed by atoms with E-state index in [1.165, 1.54) is 10.9 Å². The molecule has 3 rings (SSSR count). The van der Waals surface area contributed by atoms with Gasteiger partial charge in [0.05, 0.1) is 27.4 Å². The van der Waals surface area contributed by atoms with Gasteiger partial charge in [-0.3, -0.25) is 0 Å². The summed E-state index contributed by atoms with van der Waals surface area (Å²) in [6, 6.07) is 5.19. The van der Waals surface area contributed by atoms with Crippen LogP contribution in [0.15, 0.2) is 24.4 Å². The van der Waals surface area contributed by atoms with Crippen LogP contribution in [0.1, 0.15) is 10.5 Å². The standard InChI is InChI=1S/C13H7Cl3N4O2/c14-6-2-1-3-7-5(6)4-18-20(7)12-9(16)10(17)8(15)11(19-12)13(21)22/h1-4H,(H2,17,19)(H,21,22). The van der Waals surface area contributed by atoms with Crippen LogP contribution in [0.25, 0.3) is 16.7 Å². The highest BCUT2D eigenvalue weighted by Gasteiger charge is 2.22. The molecule has 3 aromatic rings. The van der Waals surface area contributed by atoms with Crippen LogP contribution in [0, 0.1) is 0 Å². The molecule has 112 valence electrons. The SMILES string of the molecule is Nc1c(Cl)c(C(=O)O)nc(-n2ncc3c(Cl)cccc32)c1Cl. The first-order chi connectivity index (χ1) is 10.4. The Labute approximate surface area is 139 Å². The number of nitrogen functional groups attached to an aromatic ring is 1. The van der Waals surface area contributed by atoms with E-state index in [0.717, 1.165) is 0 Å². The molecule has 6 nitrogen and oxygen atoms in total. The summed E-state index contributed by atoms with van der Waals surface area (Å²) in [5.41, 5.74) is 5.91. The molecule has 0 spiro atoms. The van der Waals surface area contributed by atoms with Gasteiger partial charge in [-0.05, 0) is 12.1 Å². The maximum absolute atomic E-state index is 11.2. The van der Waals surface area contributed by atoms with Gasteiger partial charge >= 0.3 is 5.97 Å². The van der Waals surface area contributed by atoms with E-state index in [0.29, 0.717) is 15.9 Å². The number of aromatic nitrogens is 3. The molecule has 22 heavy (non-hydrogen) atoms. The molecule has 0 saturated heterocycles. The zero-order valence-electron chi connectivity index (χ0n) is 10.7. The number of carboxylic acids is 1. The van der Waals surface area contributed by atoms with Crippen molar-refractivity contribution >= 4 is 57.4 Å². The quantitative estimate of drug-likeness (QED) is 0.730. The van der Waals surface area contributed by atoms with Crippen molar-refractivity contribution in [2.75, 3.05) is 5.73 Å². The minimum absolute atomic E-state index is 0.0139. The fourth-order valence-electron chi connectivity index (χ4n) is 2.02. The minimum Gasteiger partial charge on any atom is -0.476 e. The summed E-state index contributed by atoms with van der Waals surface area (Å²) in [5.74, 6) is -1.25. The summed E-state index contributed by atoms with van der Waals surface area (Å²) in [5, 5.41) is 14.3. The van der Waals surface area contributed by atoms with Gasteiger partial charge in [-0.15, -0.1) is 0 Å². The van der Waals surface area contributed by atoms with Crippen LogP contribution in [-0.4, -0.2) is 25.8 Å². The highest BCUT2D eigenvalue weighted by atomic mass is 35.5. The number of pyridine rings is 1. The van der Waals surface area contributed by atoms with Gasteiger partial charge in [0.1, 0.15) is 5.02 Å². The van der Waals surface area contributed by atoms with Crippen molar-refractivity contribution in [3.8, 4) is 5.82 Å². The van der Waals surface area contributed by atoms with E-state index >= 15 is 0 Å². The summed E-state index contributed by atoms with van der Waals surface area (Å²) < 4.78 is 1.36. The van der Waals surface area contributed by atoms with Gasteiger partial charge < -0.3 is 10.8 Å². The zero-order valence-corrected chi connectivity index (χ0v) is 13.0. The normalized spacial score (nSPS) is 11.0. The highest BCUT2D eigenvalue weighted by molar-refractivity contribution is 6.41. The van der Waals surface area contributed by atoms with E-state index in [-0.39, 0.29) is 21.6 Å². The number of nitrogens with zero attached hydrogens (tertiary/aromatic N) is 3. The molecule has 0 aliphatic rings. The third-order valence-corrected chi connectivity index (χ3v) is 4.14. The Morgan fingerprint density at radius 2 is 1.95 bits per heavy atom. The summed E-state index contributed by atoms with van der Waals surface area (Å²) in [7, 11) is 0. The van der Waals surface area contributed by atoms with Crippen molar-refractivity contribution in [3.63, 3.8) is 0 Å². The maximum Gasteiger partial charge on any atom is 0.356 e. The highest BCUT2D eigenvalue weighted by Crippen LogP contribution is 2.35. The molecule has 0 atom stereocenters. The lowest BCUT2D eigenvalue weighted by molar-refractivity contribution is 0.0690. The molecule has 0 amide bonds. The third kappa shape index (κ3) is 2.16. The van der Waals surface area contributed by atoms with Crippen LogP contribution in [0.4, 0.5) is 5.69 Å². The summed E-state index contributed by atoms with van der Waals surface area (Å²) in [6.45, 7) is 0. The first kappa shape index (κ1) is 14.9. The lowest BCUT2D eigenvalue weighted by Gasteiger charge is -2.11. The molecule has 1 aromatic carbocycles.